The normalized spacial score (nSPS) is 26.1. The predicted octanol–water partition coefficient (Wildman–Crippen LogP) is 0.841. The lowest BCUT2D eigenvalue weighted by Gasteiger charge is -2.22. The summed E-state index contributed by atoms with van der Waals surface area (Å²) in [6, 6.07) is 4.81. The average Bonchev–Trinajstić information content (AvgIpc) is 2.95. The highest BCUT2D eigenvalue weighted by Gasteiger charge is 2.46. The maximum absolute atomic E-state index is 12.4. The molecule has 3 heterocycles. The van der Waals surface area contributed by atoms with Gasteiger partial charge >= 0.3 is 0 Å². The van der Waals surface area contributed by atoms with Crippen LogP contribution in [0.1, 0.15) is 16.9 Å². The van der Waals surface area contributed by atoms with Crippen LogP contribution in [0, 0.1) is 5.92 Å². The molecule has 1 aromatic rings. The summed E-state index contributed by atoms with van der Waals surface area (Å²) in [5.74, 6) is 0.0169. The Kier molecular flexibility index (Phi) is 3.67. The van der Waals surface area contributed by atoms with Crippen LogP contribution in [0.25, 0.3) is 0 Å². The number of amides is 1. The smallest absolute Gasteiger partial charge is 0.272 e. The third-order valence-electron chi connectivity index (χ3n) is 4.14. The summed E-state index contributed by atoms with van der Waals surface area (Å²) in [6.45, 7) is 1.54. The van der Waals surface area contributed by atoms with Crippen LogP contribution in [0.2, 0.25) is 5.15 Å². The molecule has 0 unspecified atom stereocenters. The number of likely N-dealkylation sites (tertiary alicyclic amines) is 1. The van der Waals surface area contributed by atoms with Crippen molar-refractivity contribution in [3.05, 3.63) is 29.0 Å². The van der Waals surface area contributed by atoms with Crippen molar-refractivity contribution in [2.75, 3.05) is 25.9 Å². The van der Waals surface area contributed by atoms with Crippen molar-refractivity contribution >= 4 is 27.5 Å². The van der Waals surface area contributed by atoms with Gasteiger partial charge in [0, 0.05) is 25.7 Å². The topological polar surface area (TPSA) is 70.6 Å². The van der Waals surface area contributed by atoms with E-state index in [0.29, 0.717) is 25.3 Å². The van der Waals surface area contributed by atoms with Gasteiger partial charge in [-0.3, -0.25) is 4.79 Å². The maximum Gasteiger partial charge on any atom is 0.272 e. The van der Waals surface area contributed by atoms with E-state index in [1.54, 1.807) is 23.1 Å². The predicted molar refractivity (Wildman–Crippen MR) is 78.6 cm³/mol. The maximum atomic E-state index is 12.4. The fourth-order valence-corrected chi connectivity index (χ4v) is 4.52. The summed E-state index contributed by atoms with van der Waals surface area (Å²) >= 11 is 5.81. The summed E-state index contributed by atoms with van der Waals surface area (Å²) in [7, 11) is -3.22. The molecule has 8 heteroatoms. The molecule has 2 atom stereocenters. The Labute approximate surface area is 128 Å². The van der Waals surface area contributed by atoms with Crippen molar-refractivity contribution in [2.45, 2.75) is 12.5 Å². The van der Waals surface area contributed by atoms with Crippen LogP contribution in [-0.2, 0) is 10.0 Å². The standard InChI is InChI=1S/C13H16ClN3O3S/c1-21(19,20)17-6-5-9-7-16(8-11(9)17)13(18)10-3-2-4-12(14)15-10/h2-4,9,11H,5-8H2,1H3/t9-,11+/m1/s1. The first kappa shape index (κ1) is 14.7. The second-order valence-electron chi connectivity index (χ2n) is 5.55. The van der Waals surface area contributed by atoms with Gasteiger partial charge in [0.25, 0.3) is 5.91 Å². The highest BCUT2D eigenvalue weighted by Crippen LogP contribution is 2.33. The molecule has 21 heavy (non-hydrogen) atoms. The Balaban J connectivity index is 1.77. The Morgan fingerprint density at radius 3 is 2.81 bits per heavy atom. The summed E-state index contributed by atoms with van der Waals surface area (Å²) in [4.78, 5) is 18.1. The number of aromatic nitrogens is 1. The first-order chi connectivity index (χ1) is 9.86. The molecule has 1 amide bonds. The van der Waals surface area contributed by atoms with E-state index in [-0.39, 0.29) is 23.0 Å². The summed E-state index contributed by atoms with van der Waals surface area (Å²) in [5, 5.41) is 0.276. The molecule has 2 saturated heterocycles. The zero-order valence-electron chi connectivity index (χ0n) is 11.6. The molecule has 0 spiro atoms. The summed E-state index contributed by atoms with van der Waals surface area (Å²) in [6.07, 6.45) is 2.02. The first-order valence-corrected chi connectivity index (χ1v) is 8.97. The Morgan fingerprint density at radius 1 is 1.38 bits per heavy atom. The minimum Gasteiger partial charge on any atom is -0.335 e. The molecule has 0 N–H and O–H groups in total. The van der Waals surface area contributed by atoms with E-state index in [2.05, 4.69) is 4.98 Å². The molecule has 3 rings (SSSR count). The van der Waals surface area contributed by atoms with Crippen LogP contribution in [-0.4, -0.2) is 60.4 Å². The van der Waals surface area contributed by atoms with Crippen molar-refractivity contribution in [1.29, 1.82) is 0 Å². The van der Waals surface area contributed by atoms with Crippen molar-refractivity contribution in [1.82, 2.24) is 14.2 Å². The number of pyridine rings is 1. The van der Waals surface area contributed by atoms with Crippen LogP contribution >= 0.6 is 11.6 Å². The van der Waals surface area contributed by atoms with Gasteiger partial charge in [-0.2, -0.15) is 4.31 Å². The largest absolute Gasteiger partial charge is 0.335 e. The van der Waals surface area contributed by atoms with Gasteiger partial charge in [0.05, 0.1) is 6.26 Å². The minimum atomic E-state index is -3.22. The molecular formula is C13H16ClN3O3S. The van der Waals surface area contributed by atoms with Crippen LogP contribution in [0.15, 0.2) is 18.2 Å². The molecule has 0 saturated carbocycles. The fraction of sp³-hybridized carbons (Fsp3) is 0.538. The fourth-order valence-electron chi connectivity index (χ4n) is 3.19. The molecular weight excluding hydrogens is 314 g/mol. The molecule has 0 aliphatic carbocycles. The van der Waals surface area contributed by atoms with Crippen molar-refractivity contribution < 1.29 is 13.2 Å². The van der Waals surface area contributed by atoms with E-state index in [4.69, 9.17) is 11.6 Å². The Bertz CT molecular complexity index is 679. The van der Waals surface area contributed by atoms with Gasteiger partial charge in [0.15, 0.2) is 0 Å². The molecule has 2 fully saturated rings. The molecule has 0 bridgehead atoms. The van der Waals surface area contributed by atoms with Crippen LogP contribution < -0.4 is 0 Å². The molecule has 6 nitrogen and oxygen atoms in total. The van der Waals surface area contributed by atoms with E-state index < -0.39 is 10.0 Å². The quantitative estimate of drug-likeness (QED) is 0.754. The number of rotatable bonds is 2. The summed E-state index contributed by atoms with van der Waals surface area (Å²) in [5.41, 5.74) is 0.299. The number of sulfonamides is 1. The lowest BCUT2D eigenvalue weighted by atomic mass is 10.1. The second kappa shape index (κ2) is 5.23. The lowest BCUT2D eigenvalue weighted by molar-refractivity contribution is 0.0772. The SMILES string of the molecule is CS(=O)(=O)N1CC[C@@H]2CN(C(=O)c3cccc(Cl)n3)C[C@@H]21. The third-order valence-corrected chi connectivity index (χ3v) is 5.66. The van der Waals surface area contributed by atoms with Gasteiger partial charge in [0.2, 0.25) is 10.0 Å². The van der Waals surface area contributed by atoms with E-state index in [0.717, 1.165) is 6.42 Å². The third kappa shape index (κ3) is 2.77. The van der Waals surface area contributed by atoms with Gasteiger partial charge < -0.3 is 4.90 Å². The second-order valence-corrected chi connectivity index (χ2v) is 7.87. The van der Waals surface area contributed by atoms with Crippen molar-refractivity contribution in [3.63, 3.8) is 0 Å². The van der Waals surface area contributed by atoms with Gasteiger partial charge in [-0.05, 0) is 24.5 Å². The van der Waals surface area contributed by atoms with Crippen LogP contribution in [0.5, 0.6) is 0 Å². The molecule has 2 aliphatic heterocycles. The van der Waals surface area contributed by atoms with E-state index >= 15 is 0 Å². The van der Waals surface area contributed by atoms with Crippen LogP contribution in [0.4, 0.5) is 0 Å². The number of carbonyl (C=O) groups is 1. The summed E-state index contributed by atoms with van der Waals surface area (Å²) < 4.78 is 25.0. The number of hydrogen-bond donors (Lipinski definition) is 0. The first-order valence-electron chi connectivity index (χ1n) is 6.75. The molecule has 2 aliphatic rings. The van der Waals surface area contributed by atoms with Gasteiger partial charge in [-0.1, -0.05) is 17.7 Å². The highest BCUT2D eigenvalue weighted by atomic mass is 35.5. The number of halogens is 1. The monoisotopic (exact) mass is 329 g/mol. The number of hydrogen-bond acceptors (Lipinski definition) is 4. The minimum absolute atomic E-state index is 0.108. The molecule has 0 radical (unpaired) electrons. The van der Waals surface area contributed by atoms with E-state index in [9.17, 15) is 13.2 Å². The molecule has 114 valence electrons. The Hall–Kier alpha value is -1.18. The van der Waals surface area contributed by atoms with E-state index in [1.807, 2.05) is 0 Å². The number of fused-ring (bicyclic) bond motifs is 1. The van der Waals surface area contributed by atoms with Crippen molar-refractivity contribution in [3.8, 4) is 0 Å². The van der Waals surface area contributed by atoms with Crippen molar-refractivity contribution in [2.24, 2.45) is 5.92 Å². The van der Waals surface area contributed by atoms with Gasteiger partial charge in [-0.25, -0.2) is 13.4 Å². The number of carbonyl (C=O) groups excluding carboxylic acids is 1. The molecule has 0 aromatic carbocycles. The molecule has 1 aromatic heterocycles. The Morgan fingerprint density at radius 2 is 2.14 bits per heavy atom. The zero-order valence-corrected chi connectivity index (χ0v) is 13.1. The highest BCUT2D eigenvalue weighted by molar-refractivity contribution is 7.88. The van der Waals surface area contributed by atoms with Gasteiger partial charge in [-0.15, -0.1) is 0 Å². The zero-order chi connectivity index (χ0) is 15.2. The van der Waals surface area contributed by atoms with Gasteiger partial charge in [0.1, 0.15) is 10.8 Å². The number of nitrogens with zero attached hydrogens (tertiary/aromatic N) is 3. The average molecular weight is 330 g/mol. The van der Waals surface area contributed by atoms with E-state index in [1.165, 1.54) is 10.6 Å². The van der Waals surface area contributed by atoms with Crippen LogP contribution in [0.3, 0.4) is 0 Å². The lowest BCUT2D eigenvalue weighted by Crippen LogP contribution is -2.40.